The van der Waals surface area contributed by atoms with E-state index in [1.807, 2.05) is 6.92 Å². The van der Waals surface area contributed by atoms with Crippen LogP contribution in [0.1, 0.15) is 11.1 Å². The van der Waals surface area contributed by atoms with Crippen LogP contribution in [0.5, 0.6) is 0 Å². The highest BCUT2D eigenvalue weighted by atomic mass is 32.2. The fourth-order valence-electron chi connectivity index (χ4n) is 1.55. The maximum absolute atomic E-state index is 12.7. The SMILES string of the molecule is Cc1ccc(S(=O)(=O)C=Cc2ccc(F)cc2)cc1. The molecule has 0 aromatic heterocycles. The molecule has 19 heavy (non-hydrogen) atoms. The maximum Gasteiger partial charge on any atom is 0.199 e. The first-order chi connectivity index (χ1) is 8.97. The summed E-state index contributed by atoms with van der Waals surface area (Å²) in [6.45, 7) is 1.89. The Balaban J connectivity index is 2.26. The summed E-state index contributed by atoms with van der Waals surface area (Å²) in [6.07, 6.45) is 1.45. The summed E-state index contributed by atoms with van der Waals surface area (Å²) in [6, 6.07) is 12.3. The average molecular weight is 276 g/mol. The van der Waals surface area contributed by atoms with Gasteiger partial charge in [0.25, 0.3) is 0 Å². The highest BCUT2D eigenvalue weighted by Crippen LogP contribution is 2.15. The quantitative estimate of drug-likeness (QED) is 0.858. The molecule has 0 fully saturated rings. The zero-order chi connectivity index (χ0) is 13.9. The molecular formula is C15H13FO2S. The number of hydrogen-bond donors (Lipinski definition) is 0. The van der Waals surface area contributed by atoms with Gasteiger partial charge in [-0.2, -0.15) is 0 Å². The van der Waals surface area contributed by atoms with Crippen LogP contribution in [-0.2, 0) is 9.84 Å². The minimum atomic E-state index is -3.46. The first-order valence-electron chi connectivity index (χ1n) is 5.73. The van der Waals surface area contributed by atoms with Crippen molar-refractivity contribution in [2.24, 2.45) is 0 Å². The predicted molar refractivity (Wildman–Crippen MR) is 73.8 cm³/mol. The van der Waals surface area contributed by atoms with Crippen molar-refractivity contribution in [3.63, 3.8) is 0 Å². The summed E-state index contributed by atoms with van der Waals surface area (Å²) in [5, 5.41) is 1.13. The Morgan fingerprint density at radius 3 is 2.11 bits per heavy atom. The van der Waals surface area contributed by atoms with E-state index in [0.29, 0.717) is 5.56 Å². The average Bonchev–Trinajstić information content (AvgIpc) is 2.39. The topological polar surface area (TPSA) is 34.1 Å². The minimum Gasteiger partial charge on any atom is -0.219 e. The second kappa shape index (κ2) is 5.36. The fourth-order valence-corrected chi connectivity index (χ4v) is 2.56. The molecule has 2 aromatic rings. The number of hydrogen-bond acceptors (Lipinski definition) is 2. The van der Waals surface area contributed by atoms with E-state index in [1.165, 1.54) is 30.3 Å². The van der Waals surface area contributed by atoms with Crippen molar-refractivity contribution in [3.05, 3.63) is 70.9 Å². The molecule has 0 heterocycles. The summed E-state index contributed by atoms with van der Waals surface area (Å²) >= 11 is 0. The molecule has 0 saturated heterocycles. The summed E-state index contributed by atoms with van der Waals surface area (Å²) < 4.78 is 36.8. The zero-order valence-corrected chi connectivity index (χ0v) is 11.2. The number of aryl methyl sites for hydroxylation is 1. The lowest BCUT2D eigenvalue weighted by molar-refractivity contribution is 0.605. The number of sulfone groups is 1. The van der Waals surface area contributed by atoms with Gasteiger partial charge in [0.1, 0.15) is 5.82 Å². The predicted octanol–water partition coefficient (Wildman–Crippen LogP) is 3.58. The summed E-state index contributed by atoms with van der Waals surface area (Å²) in [4.78, 5) is 0.247. The van der Waals surface area contributed by atoms with Crippen molar-refractivity contribution in [2.45, 2.75) is 11.8 Å². The molecule has 2 rings (SSSR count). The van der Waals surface area contributed by atoms with Crippen molar-refractivity contribution < 1.29 is 12.8 Å². The Bertz CT molecular complexity index is 684. The van der Waals surface area contributed by atoms with Gasteiger partial charge in [-0.05, 0) is 42.8 Å². The van der Waals surface area contributed by atoms with Gasteiger partial charge in [-0.3, -0.25) is 0 Å². The van der Waals surface area contributed by atoms with E-state index in [1.54, 1.807) is 24.3 Å². The second-order valence-electron chi connectivity index (χ2n) is 4.21. The first kappa shape index (κ1) is 13.5. The van der Waals surface area contributed by atoms with Crippen LogP contribution in [0.4, 0.5) is 4.39 Å². The molecule has 4 heteroatoms. The van der Waals surface area contributed by atoms with Gasteiger partial charge < -0.3 is 0 Å². The van der Waals surface area contributed by atoms with Gasteiger partial charge in [0.05, 0.1) is 4.90 Å². The van der Waals surface area contributed by atoms with E-state index >= 15 is 0 Å². The van der Waals surface area contributed by atoms with Gasteiger partial charge in [0.15, 0.2) is 9.84 Å². The number of benzene rings is 2. The van der Waals surface area contributed by atoms with Crippen LogP contribution in [0.2, 0.25) is 0 Å². The zero-order valence-electron chi connectivity index (χ0n) is 10.4. The highest BCUT2D eigenvalue weighted by Gasteiger charge is 2.09. The molecule has 0 bridgehead atoms. The number of rotatable bonds is 3. The normalized spacial score (nSPS) is 11.9. The highest BCUT2D eigenvalue weighted by molar-refractivity contribution is 7.94. The van der Waals surface area contributed by atoms with Crippen molar-refractivity contribution in [2.75, 3.05) is 0 Å². The van der Waals surface area contributed by atoms with Crippen molar-refractivity contribution in [3.8, 4) is 0 Å². The molecule has 0 aliphatic heterocycles. The van der Waals surface area contributed by atoms with E-state index < -0.39 is 9.84 Å². The summed E-state index contributed by atoms with van der Waals surface area (Å²) in [5.74, 6) is -0.349. The maximum atomic E-state index is 12.7. The lowest BCUT2D eigenvalue weighted by Crippen LogP contribution is -1.95. The lowest BCUT2D eigenvalue weighted by atomic mass is 10.2. The van der Waals surface area contributed by atoms with Crippen molar-refractivity contribution in [1.82, 2.24) is 0 Å². The van der Waals surface area contributed by atoms with Crippen molar-refractivity contribution in [1.29, 1.82) is 0 Å². The van der Waals surface area contributed by atoms with Crippen LogP contribution in [0.25, 0.3) is 6.08 Å². The Kier molecular flexibility index (Phi) is 3.81. The molecule has 0 saturated carbocycles. The molecule has 0 radical (unpaired) electrons. The van der Waals surface area contributed by atoms with E-state index in [0.717, 1.165) is 11.0 Å². The standard InChI is InChI=1S/C15H13FO2S/c1-12-2-8-15(9-3-12)19(17,18)11-10-13-4-6-14(16)7-5-13/h2-11H,1H3. The van der Waals surface area contributed by atoms with E-state index in [2.05, 4.69) is 0 Å². The molecule has 0 amide bonds. The third-order valence-corrected chi connectivity index (χ3v) is 4.08. The van der Waals surface area contributed by atoms with Crippen LogP contribution in [-0.4, -0.2) is 8.42 Å². The molecule has 0 aliphatic carbocycles. The van der Waals surface area contributed by atoms with E-state index in [4.69, 9.17) is 0 Å². The summed E-state index contributed by atoms with van der Waals surface area (Å²) in [5.41, 5.74) is 1.64. The Morgan fingerprint density at radius 2 is 1.53 bits per heavy atom. The van der Waals surface area contributed by atoms with Crippen LogP contribution >= 0.6 is 0 Å². The molecular weight excluding hydrogens is 263 g/mol. The smallest absolute Gasteiger partial charge is 0.199 e. The largest absolute Gasteiger partial charge is 0.219 e. The Labute approximate surface area is 112 Å². The molecule has 0 atom stereocenters. The van der Waals surface area contributed by atoms with Gasteiger partial charge in [-0.1, -0.05) is 29.8 Å². The lowest BCUT2D eigenvalue weighted by Gasteiger charge is -1.99. The van der Waals surface area contributed by atoms with Gasteiger partial charge in [-0.15, -0.1) is 0 Å². The molecule has 0 unspecified atom stereocenters. The molecule has 0 N–H and O–H groups in total. The van der Waals surface area contributed by atoms with Gasteiger partial charge >= 0.3 is 0 Å². The fraction of sp³-hybridized carbons (Fsp3) is 0.0667. The molecule has 2 nitrogen and oxygen atoms in total. The van der Waals surface area contributed by atoms with Crippen LogP contribution in [0.15, 0.2) is 58.8 Å². The molecule has 0 aliphatic rings. The van der Waals surface area contributed by atoms with E-state index in [9.17, 15) is 12.8 Å². The first-order valence-corrected chi connectivity index (χ1v) is 7.27. The second-order valence-corrected chi connectivity index (χ2v) is 6.05. The monoisotopic (exact) mass is 276 g/mol. The van der Waals surface area contributed by atoms with Crippen molar-refractivity contribution >= 4 is 15.9 Å². The van der Waals surface area contributed by atoms with Crippen LogP contribution in [0.3, 0.4) is 0 Å². The van der Waals surface area contributed by atoms with Crippen LogP contribution < -0.4 is 0 Å². The van der Waals surface area contributed by atoms with Gasteiger partial charge in [-0.25, -0.2) is 12.8 Å². The third kappa shape index (κ3) is 3.51. The molecule has 2 aromatic carbocycles. The summed E-state index contributed by atoms with van der Waals surface area (Å²) in [7, 11) is -3.46. The third-order valence-electron chi connectivity index (χ3n) is 2.66. The Hall–Kier alpha value is -1.94. The Morgan fingerprint density at radius 1 is 0.947 bits per heavy atom. The van der Waals surface area contributed by atoms with Gasteiger partial charge in [0, 0.05) is 5.41 Å². The molecule has 0 spiro atoms. The van der Waals surface area contributed by atoms with Gasteiger partial charge in [0.2, 0.25) is 0 Å². The van der Waals surface area contributed by atoms with Crippen LogP contribution in [0, 0.1) is 12.7 Å². The van der Waals surface area contributed by atoms with E-state index in [-0.39, 0.29) is 10.7 Å². The molecule has 98 valence electrons. The minimum absolute atomic E-state index is 0.247. The number of halogens is 1.